The fraction of sp³-hybridized carbons (Fsp3) is 1.00. The number of piperidine rings is 1. The molecule has 0 amide bonds. The summed E-state index contributed by atoms with van der Waals surface area (Å²) in [6.07, 6.45) is 1.25. The molecule has 0 aliphatic carbocycles. The minimum atomic E-state index is 0.302. The van der Waals surface area contributed by atoms with Crippen molar-refractivity contribution < 1.29 is 0 Å². The third kappa shape index (κ3) is 2.48. The lowest BCUT2D eigenvalue weighted by Gasteiger charge is -2.49. The summed E-state index contributed by atoms with van der Waals surface area (Å²) in [5.41, 5.74) is 6.49. The van der Waals surface area contributed by atoms with E-state index in [1.54, 1.807) is 0 Å². The zero-order chi connectivity index (χ0) is 11.0. The standard InChI is InChI=1S/C12H26N2/c1-11(2,3)14-7-6-10(8-13)12(4,5)9-14/h10H,6-9,13H2,1-5H3. The molecule has 2 heteroatoms. The van der Waals surface area contributed by atoms with Gasteiger partial charge in [-0.05, 0) is 51.6 Å². The Morgan fingerprint density at radius 1 is 1.36 bits per heavy atom. The van der Waals surface area contributed by atoms with E-state index in [1.165, 1.54) is 19.5 Å². The molecule has 1 heterocycles. The molecule has 1 fully saturated rings. The van der Waals surface area contributed by atoms with Crippen molar-refractivity contribution in [3.63, 3.8) is 0 Å². The van der Waals surface area contributed by atoms with E-state index >= 15 is 0 Å². The minimum absolute atomic E-state index is 0.302. The average molecular weight is 198 g/mol. The van der Waals surface area contributed by atoms with Gasteiger partial charge in [-0.1, -0.05) is 13.8 Å². The fourth-order valence-corrected chi connectivity index (χ4v) is 2.41. The first-order valence-corrected chi connectivity index (χ1v) is 5.72. The van der Waals surface area contributed by atoms with Crippen molar-refractivity contribution >= 4 is 0 Å². The molecule has 0 bridgehead atoms. The smallest absolute Gasteiger partial charge is 0.0125 e. The second-order valence-electron chi connectivity index (χ2n) is 6.30. The van der Waals surface area contributed by atoms with Crippen LogP contribution >= 0.6 is 0 Å². The Hall–Kier alpha value is -0.0800. The third-order valence-corrected chi connectivity index (χ3v) is 3.68. The van der Waals surface area contributed by atoms with Gasteiger partial charge in [0.1, 0.15) is 0 Å². The first kappa shape index (κ1) is 12.0. The molecule has 0 aromatic rings. The van der Waals surface area contributed by atoms with Crippen molar-refractivity contribution in [1.82, 2.24) is 4.90 Å². The molecule has 1 aliphatic rings. The van der Waals surface area contributed by atoms with Gasteiger partial charge in [0.15, 0.2) is 0 Å². The van der Waals surface area contributed by atoms with E-state index in [2.05, 4.69) is 39.5 Å². The summed E-state index contributed by atoms with van der Waals surface area (Å²) in [4.78, 5) is 2.58. The summed E-state index contributed by atoms with van der Waals surface area (Å²) < 4.78 is 0. The lowest BCUT2D eigenvalue weighted by Crippen LogP contribution is -2.54. The van der Waals surface area contributed by atoms with Crippen LogP contribution in [0.15, 0.2) is 0 Å². The first-order valence-electron chi connectivity index (χ1n) is 5.72. The Bertz CT molecular complexity index is 191. The SMILES string of the molecule is CC1(C)CN(C(C)(C)C)CCC1CN. The molecule has 0 radical (unpaired) electrons. The molecule has 2 nitrogen and oxygen atoms in total. The van der Waals surface area contributed by atoms with Gasteiger partial charge in [0.25, 0.3) is 0 Å². The maximum Gasteiger partial charge on any atom is 0.0125 e. The van der Waals surface area contributed by atoms with E-state index in [9.17, 15) is 0 Å². The van der Waals surface area contributed by atoms with Crippen molar-refractivity contribution in [2.75, 3.05) is 19.6 Å². The number of rotatable bonds is 1. The van der Waals surface area contributed by atoms with Crippen LogP contribution in [0.25, 0.3) is 0 Å². The van der Waals surface area contributed by atoms with Crippen LogP contribution in [0.1, 0.15) is 41.0 Å². The number of hydrogen-bond acceptors (Lipinski definition) is 2. The van der Waals surface area contributed by atoms with E-state index in [1.807, 2.05) is 0 Å². The molecule has 2 N–H and O–H groups in total. The molecule has 84 valence electrons. The van der Waals surface area contributed by atoms with Crippen LogP contribution in [0.3, 0.4) is 0 Å². The summed E-state index contributed by atoms with van der Waals surface area (Å²) in [6.45, 7) is 14.8. The summed E-state index contributed by atoms with van der Waals surface area (Å²) >= 11 is 0. The predicted octanol–water partition coefficient (Wildman–Crippen LogP) is 2.09. The van der Waals surface area contributed by atoms with Crippen molar-refractivity contribution in [2.45, 2.75) is 46.6 Å². The van der Waals surface area contributed by atoms with Gasteiger partial charge in [-0.25, -0.2) is 0 Å². The van der Waals surface area contributed by atoms with E-state index < -0.39 is 0 Å². The molecule has 0 spiro atoms. The Balaban J connectivity index is 2.67. The topological polar surface area (TPSA) is 29.3 Å². The molecular formula is C12H26N2. The first-order chi connectivity index (χ1) is 6.27. The number of hydrogen-bond donors (Lipinski definition) is 1. The van der Waals surface area contributed by atoms with Crippen LogP contribution in [0.2, 0.25) is 0 Å². The Kier molecular flexibility index (Phi) is 3.27. The van der Waals surface area contributed by atoms with Crippen LogP contribution in [0.4, 0.5) is 0 Å². The zero-order valence-corrected chi connectivity index (χ0v) is 10.4. The zero-order valence-electron chi connectivity index (χ0n) is 10.4. The van der Waals surface area contributed by atoms with E-state index in [0.29, 0.717) is 16.9 Å². The van der Waals surface area contributed by atoms with Crippen molar-refractivity contribution in [1.29, 1.82) is 0 Å². The summed E-state index contributed by atoms with van der Waals surface area (Å²) in [5, 5.41) is 0. The Morgan fingerprint density at radius 3 is 2.29 bits per heavy atom. The summed E-state index contributed by atoms with van der Waals surface area (Å²) in [6, 6.07) is 0. The molecule has 1 saturated heterocycles. The van der Waals surface area contributed by atoms with Gasteiger partial charge >= 0.3 is 0 Å². The molecule has 1 unspecified atom stereocenters. The van der Waals surface area contributed by atoms with Crippen molar-refractivity contribution in [3.8, 4) is 0 Å². The predicted molar refractivity (Wildman–Crippen MR) is 62.3 cm³/mol. The van der Waals surface area contributed by atoms with E-state index in [4.69, 9.17) is 5.73 Å². The summed E-state index contributed by atoms with van der Waals surface area (Å²) in [7, 11) is 0. The summed E-state index contributed by atoms with van der Waals surface area (Å²) in [5.74, 6) is 0.695. The maximum atomic E-state index is 5.81. The highest BCUT2D eigenvalue weighted by molar-refractivity contribution is 4.91. The van der Waals surface area contributed by atoms with Crippen LogP contribution in [-0.4, -0.2) is 30.1 Å². The Labute approximate surface area is 88.8 Å². The molecule has 0 aromatic heterocycles. The van der Waals surface area contributed by atoms with Crippen LogP contribution < -0.4 is 5.73 Å². The van der Waals surface area contributed by atoms with Crippen LogP contribution in [0.5, 0.6) is 0 Å². The highest BCUT2D eigenvalue weighted by Crippen LogP contribution is 2.36. The molecule has 0 saturated carbocycles. The highest BCUT2D eigenvalue weighted by atomic mass is 15.2. The Morgan fingerprint density at radius 2 is 1.93 bits per heavy atom. The van der Waals surface area contributed by atoms with E-state index in [-0.39, 0.29) is 0 Å². The second-order valence-corrected chi connectivity index (χ2v) is 6.30. The van der Waals surface area contributed by atoms with Gasteiger partial charge in [-0.2, -0.15) is 0 Å². The molecule has 1 rings (SSSR count). The molecule has 1 aliphatic heterocycles. The highest BCUT2D eigenvalue weighted by Gasteiger charge is 2.38. The van der Waals surface area contributed by atoms with Crippen molar-refractivity contribution in [3.05, 3.63) is 0 Å². The molecule has 14 heavy (non-hydrogen) atoms. The van der Waals surface area contributed by atoms with Crippen molar-refractivity contribution in [2.24, 2.45) is 17.1 Å². The quantitative estimate of drug-likeness (QED) is 0.699. The van der Waals surface area contributed by atoms with Crippen LogP contribution in [-0.2, 0) is 0 Å². The minimum Gasteiger partial charge on any atom is -0.330 e. The molecule has 0 aromatic carbocycles. The number of likely N-dealkylation sites (tertiary alicyclic amines) is 1. The monoisotopic (exact) mass is 198 g/mol. The number of nitrogens with zero attached hydrogens (tertiary/aromatic N) is 1. The molecule has 1 atom stereocenters. The van der Waals surface area contributed by atoms with E-state index in [0.717, 1.165) is 6.54 Å². The van der Waals surface area contributed by atoms with Gasteiger partial charge in [0.05, 0.1) is 0 Å². The fourth-order valence-electron chi connectivity index (χ4n) is 2.41. The number of nitrogens with two attached hydrogens (primary N) is 1. The lowest BCUT2D eigenvalue weighted by atomic mass is 9.73. The van der Waals surface area contributed by atoms with Gasteiger partial charge in [-0.3, -0.25) is 4.90 Å². The largest absolute Gasteiger partial charge is 0.330 e. The average Bonchev–Trinajstić information content (AvgIpc) is 2.00. The third-order valence-electron chi connectivity index (χ3n) is 3.68. The van der Waals surface area contributed by atoms with Crippen LogP contribution in [0, 0.1) is 11.3 Å². The molecular weight excluding hydrogens is 172 g/mol. The van der Waals surface area contributed by atoms with Gasteiger partial charge in [-0.15, -0.1) is 0 Å². The van der Waals surface area contributed by atoms with Gasteiger partial charge < -0.3 is 5.73 Å². The normalized spacial score (nSPS) is 29.1. The van der Waals surface area contributed by atoms with Gasteiger partial charge in [0.2, 0.25) is 0 Å². The maximum absolute atomic E-state index is 5.81. The second kappa shape index (κ2) is 3.82. The van der Waals surface area contributed by atoms with Gasteiger partial charge in [0, 0.05) is 12.1 Å². The lowest BCUT2D eigenvalue weighted by molar-refractivity contribution is 0.00565.